The maximum Gasteiger partial charge on any atom is 0.267 e. The van der Waals surface area contributed by atoms with Crippen molar-refractivity contribution in [3.63, 3.8) is 0 Å². The maximum absolute atomic E-state index is 12.2. The Morgan fingerprint density at radius 2 is 1.94 bits per heavy atom. The van der Waals surface area contributed by atoms with Gasteiger partial charge in [0.05, 0.1) is 54.7 Å². The molecule has 4 aromatic rings. The molecule has 14 nitrogen and oxygen atoms in total. The minimum absolute atomic E-state index is 0.121. The highest BCUT2D eigenvalue weighted by Gasteiger charge is 2.49. The van der Waals surface area contributed by atoms with Crippen LogP contribution in [0.5, 0.6) is 17.5 Å². The van der Waals surface area contributed by atoms with Crippen molar-refractivity contribution in [2.24, 2.45) is 10.4 Å². The fourth-order valence-electron chi connectivity index (χ4n) is 6.83. The van der Waals surface area contributed by atoms with Gasteiger partial charge >= 0.3 is 0 Å². The molecule has 49 heavy (non-hydrogen) atoms. The minimum Gasteiger partial charge on any atom is -0.477 e. The molecule has 0 amide bonds. The van der Waals surface area contributed by atoms with Crippen molar-refractivity contribution < 1.29 is 26.6 Å². The van der Waals surface area contributed by atoms with Crippen LogP contribution in [-0.2, 0) is 32.6 Å². The highest BCUT2D eigenvalue weighted by atomic mass is 32.2. The second-order valence-electron chi connectivity index (χ2n) is 13.1. The van der Waals surface area contributed by atoms with Gasteiger partial charge in [0, 0.05) is 30.0 Å². The highest BCUT2D eigenvalue weighted by Crippen LogP contribution is 2.56. The molecule has 4 heterocycles. The van der Waals surface area contributed by atoms with Crippen LogP contribution in [-0.4, -0.2) is 78.3 Å². The average Bonchev–Trinajstić information content (AvgIpc) is 3.51. The maximum atomic E-state index is 12.2. The Balaban J connectivity index is 1.28. The van der Waals surface area contributed by atoms with Gasteiger partial charge in [-0.3, -0.25) is 4.18 Å². The molecule has 0 saturated heterocycles. The summed E-state index contributed by atoms with van der Waals surface area (Å²) in [6, 6.07) is 4.02. The Morgan fingerprint density at radius 1 is 1.16 bits per heavy atom. The van der Waals surface area contributed by atoms with E-state index in [-0.39, 0.29) is 29.9 Å². The Bertz CT molecular complexity index is 2080. The van der Waals surface area contributed by atoms with E-state index in [1.165, 1.54) is 6.33 Å². The molecule has 16 heteroatoms. The van der Waals surface area contributed by atoms with Gasteiger partial charge in [-0.05, 0) is 63.9 Å². The molecule has 0 aliphatic heterocycles. The topological polar surface area (TPSA) is 179 Å². The summed E-state index contributed by atoms with van der Waals surface area (Å²) < 4.78 is 47.7. The number of ether oxygens (including phenoxy) is 2. The number of nitrogens with zero attached hydrogens (tertiary/aromatic N) is 8. The lowest BCUT2D eigenvalue weighted by atomic mass is 9.63. The second kappa shape index (κ2) is 12.8. The molecule has 0 aromatic carbocycles. The van der Waals surface area contributed by atoms with E-state index in [2.05, 4.69) is 26.2 Å². The zero-order valence-electron chi connectivity index (χ0n) is 27.7. The van der Waals surface area contributed by atoms with E-state index in [0.717, 1.165) is 61.0 Å². The molecular weight excluding hydrogens is 669 g/mol. The average molecular weight is 705 g/mol. The van der Waals surface area contributed by atoms with Crippen LogP contribution in [0, 0.1) is 23.7 Å². The Kier molecular flexibility index (Phi) is 8.62. The zero-order valence-corrected chi connectivity index (χ0v) is 29.4. The van der Waals surface area contributed by atoms with Crippen molar-refractivity contribution in [1.82, 2.24) is 30.0 Å². The number of aryl methyl sites for hydroxylation is 2. The summed E-state index contributed by atoms with van der Waals surface area (Å²) in [6.45, 7) is 1.92. The molecule has 1 saturated carbocycles. The number of rotatable bonds is 11. The zero-order chi connectivity index (χ0) is 34.4. The van der Waals surface area contributed by atoms with Gasteiger partial charge in [0.25, 0.3) is 10.1 Å². The van der Waals surface area contributed by atoms with Crippen LogP contribution in [0.1, 0.15) is 71.5 Å². The van der Waals surface area contributed by atoms with Gasteiger partial charge in [0.15, 0.2) is 23.0 Å². The molecular formula is C33H36N8O6S2. The number of thiophene rings is 1. The lowest BCUT2D eigenvalue weighted by Crippen LogP contribution is -2.35. The van der Waals surface area contributed by atoms with Crippen molar-refractivity contribution in [1.29, 1.82) is 5.26 Å². The van der Waals surface area contributed by atoms with Gasteiger partial charge in [-0.2, -0.15) is 23.6 Å². The number of fused-ring (bicyclic) bond motifs is 4. The predicted molar refractivity (Wildman–Crippen MR) is 180 cm³/mol. The fourth-order valence-corrected chi connectivity index (χ4v) is 9.30. The summed E-state index contributed by atoms with van der Waals surface area (Å²) in [6.07, 6.45) is 11.1. The lowest BCUT2D eigenvalue weighted by molar-refractivity contribution is 0.235. The van der Waals surface area contributed by atoms with Crippen LogP contribution in [0.25, 0.3) is 11.5 Å². The molecule has 0 N–H and O–H groups in total. The van der Waals surface area contributed by atoms with Crippen molar-refractivity contribution in [2.75, 3.05) is 33.6 Å². The van der Waals surface area contributed by atoms with Gasteiger partial charge in [-0.15, -0.1) is 11.3 Å². The molecule has 0 unspecified atom stereocenters. The molecule has 1 spiro atoms. The lowest BCUT2D eigenvalue weighted by Gasteiger charge is -2.39. The SMILES string of the molecule is COS(=O)(=O)CC1(COc2cc(Oc3cncnc3C)nc(-c3noc4c3CCC[C@@]43CCCc4sc(N=CN(C)C)c(C#N)c43)n2)CC1. The molecule has 0 bridgehead atoms. The minimum atomic E-state index is -3.68. The van der Waals surface area contributed by atoms with Crippen LogP contribution in [0.4, 0.5) is 5.00 Å². The third kappa shape index (κ3) is 6.38. The Hall–Kier alpha value is -4.46. The molecule has 3 aliphatic rings. The molecule has 1 atom stereocenters. The van der Waals surface area contributed by atoms with E-state index in [0.29, 0.717) is 47.0 Å². The number of hydrogen-bond donors (Lipinski definition) is 0. The largest absolute Gasteiger partial charge is 0.477 e. The smallest absolute Gasteiger partial charge is 0.267 e. The monoisotopic (exact) mass is 704 g/mol. The van der Waals surface area contributed by atoms with Gasteiger partial charge in [0.1, 0.15) is 17.4 Å². The molecule has 0 radical (unpaired) electrons. The third-order valence-electron chi connectivity index (χ3n) is 9.41. The Morgan fingerprint density at radius 3 is 2.65 bits per heavy atom. The van der Waals surface area contributed by atoms with Crippen LogP contribution < -0.4 is 9.47 Å². The first-order valence-corrected chi connectivity index (χ1v) is 18.5. The number of nitriles is 1. The summed E-state index contributed by atoms with van der Waals surface area (Å²) >= 11 is 1.57. The summed E-state index contributed by atoms with van der Waals surface area (Å²) in [5.74, 6) is 1.63. The van der Waals surface area contributed by atoms with E-state index in [1.807, 2.05) is 19.0 Å². The van der Waals surface area contributed by atoms with Crippen molar-refractivity contribution in [3.05, 3.63) is 51.6 Å². The Labute approximate surface area is 288 Å². The first-order chi connectivity index (χ1) is 23.6. The molecule has 256 valence electrons. The van der Waals surface area contributed by atoms with Gasteiger partial charge in [0.2, 0.25) is 11.8 Å². The van der Waals surface area contributed by atoms with Crippen LogP contribution >= 0.6 is 11.3 Å². The van der Waals surface area contributed by atoms with Crippen molar-refractivity contribution in [3.8, 4) is 35.1 Å². The van der Waals surface area contributed by atoms with Crippen molar-refractivity contribution >= 4 is 32.8 Å². The van der Waals surface area contributed by atoms with Crippen molar-refractivity contribution in [2.45, 2.75) is 63.7 Å². The molecule has 7 rings (SSSR count). The predicted octanol–water partition coefficient (Wildman–Crippen LogP) is 5.27. The summed E-state index contributed by atoms with van der Waals surface area (Å²) in [5, 5.41) is 15.6. The van der Waals surface area contributed by atoms with Crippen LogP contribution in [0.3, 0.4) is 0 Å². The van der Waals surface area contributed by atoms with E-state index < -0.39 is 20.9 Å². The summed E-state index contributed by atoms with van der Waals surface area (Å²) in [7, 11) is 1.29. The molecule has 1 fully saturated rings. The first-order valence-electron chi connectivity index (χ1n) is 16.1. The molecule has 4 aromatic heterocycles. The van der Waals surface area contributed by atoms with Crippen LogP contribution in [0.2, 0.25) is 0 Å². The summed E-state index contributed by atoms with van der Waals surface area (Å²) in [5.41, 5.74) is 2.50. The van der Waals surface area contributed by atoms with E-state index in [4.69, 9.17) is 28.1 Å². The second-order valence-corrected chi connectivity index (χ2v) is 15.9. The van der Waals surface area contributed by atoms with Gasteiger partial charge < -0.3 is 18.9 Å². The number of hydrogen-bond acceptors (Lipinski definition) is 14. The number of aromatic nitrogens is 5. The fraction of sp³-hybridized carbons (Fsp3) is 0.485. The van der Waals surface area contributed by atoms with Crippen LogP contribution in [0.15, 0.2) is 28.1 Å². The third-order valence-corrected chi connectivity index (χ3v) is 12.0. The quantitative estimate of drug-likeness (QED) is 0.112. The standard InChI is InChI=1S/C33H36N8O6S2/c1-20-23(15-35-18-36-20)46-26-13-25(45-16-32(11-12-32)17-49(42,43)44-4)38-30(39-26)28-21-7-5-9-33(29(21)47-40-28)10-6-8-24-27(33)22(14-34)31(48-24)37-19-41(2)3/h13,15,18-19H,5-12,16-17H2,1-4H3/t33-/m0/s1. The molecule has 3 aliphatic carbocycles. The van der Waals surface area contributed by atoms with E-state index in [9.17, 15) is 13.7 Å². The van der Waals surface area contributed by atoms with E-state index in [1.54, 1.807) is 36.9 Å². The van der Waals surface area contributed by atoms with E-state index >= 15 is 0 Å². The first kappa shape index (κ1) is 33.1. The highest BCUT2D eigenvalue weighted by molar-refractivity contribution is 7.86. The number of aliphatic imine (C=N–C) groups is 1. The van der Waals surface area contributed by atoms with Gasteiger partial charge in [-0.1, -0.05) is 5.16 Å². The van der Waals surface area contributed by atoms with Gasteiger partial charge in [-0.25, -0.2) is 15.0 Å². The summed E-state index contributed by atoms with van der Waals surface area (Å²) in [4.78, 5) is 25.4. The normalized spacial score (nSPS) is 19.3.